The molecular weight excluding hydrogens is 320 g/mol. The standard InChI is InChI=1S/C20H23Br/c1-2-3-4-5-6-17-7-9-18(10-8-17)11-12-19-13-15-20(21)16-14-19/h7-16H,2-6H2,1H3. The summed E-state index contributed by atoms with van der Waals surface area (Å²) in [5, 5.41) is 0. The van der Waals surface area contributed by atoms with E-state index in [1.807, 2.05) is 0 Å². The summed E-state index contributed by atoms with van der Waals surface area (Å²) >= 11 is 3.46. The lowest BCUT2D eigenvalue weighted by molar-refractivity contribution is 0.667. The summed E-state index contributed by atoms with van der Waals surface area (Å²) in [6, 6.07) is 17.3. The summed E-state index contributed by atoms with van der Waals surface area (Å²) in [5.41, 5.74) is 3.93. The lowest BCUT2D eigenvalue weighted by Gasteiger charge is -2.02. The fraction of sp³-hybridized carbons (Fsp3) is 0.300. The van der Waals surface area contributed by atoms with Crippen molar-refractivity contribution < 1.29 is 0 Å². The predicted molar refractivity (Wildman–Crippen MR) is 97.4 cm³/mol. The van der Waals surface area contributed by atoms with Crippen LogP contribution in [0.15, 0.2) is 53.0 Å². The number of halogens is 1. The number of rotatable bonds is 7. The topological polar surface area (TPSA) is 0 Å². The normalized spacial score (nSPS) is 11.1. The second-order valence-electron chi connectivity index (χ2n) is 5.44. The van der Waals surface area contributed by atoms with Gasteiger partial charge >= 0.3 is 0 Å². The molecule has 0 N–H and O–H groups in total. The Bertz CT molecular complexity index is 549. The molecule has 0 aliphatic heterocycles. The summed E-state index contributed by atoms with van der Waals surface area (Å²) in [6.45, 7) is 2.26. The zero-order chi connectivity index (χ0) is 14.9. The molecule has 0 unspecified atom stereocenters. The molecule has 0 radical (unpaired) electrons. The van der Waals surface area contributed by atoms with Crippen molar-refractivity contribution in [1.29, 1.82) is 0 Å². The third-order valence-corrected chi connectivity index (χ3v) is 4.17. The minimum absolute atomic E-state index is 1.12. The van der Waals surface area contributed by atoms with Gasteiger partial charge in [-0.05, 0) is 41.7 Å². The first-order chi connectivity index (χ1) is 10.3. The van der Waals surface area contributed by atoms with E-state index >= 15 is 0 Å². The van der Waals surface area contributed by atoms with Gasteiger partial charge in [-0.2, -0.15) is 0 Å². The molecule has 0 aromatic heterocycles. The summed E-state index contributed by atoms with van der Waals surface area (Å²) in [7, 11) is 0. The van der Waals surface area contributed by atoms with Crippen LogP contribution < -0.4 is 0 Å². The van der Waals surface area contributed by atoms with Crippen LogP contribution in [0.25, 0.3) is 12.2 Å². The van der Waals surface area contributed by atoms with E-state index < -0.39 is 0 Å². The molecule has 0 aliphatic rings. The lowest BCUT2D eigenvalue weighted by Crippen LogP contribution is -1.85. The molecule has 0 saturated carbocycles. The average molecular weight is 343 g/mol. The molecule has 0 nitrogen and oxygen atoms in total. The molecule has 2 aromatic carbocycles. The molecule has 0 aliphatic carbocycles. The maximum absolute atomic E-state index is 3.46. The van der Waals surface area contributed by atoms with Crippen LogP contribution in [0.3, 0.4) is 0 Å². The van der Waals surface area contributed by atoms with Crippen molar-refractivity contribution in [3.63, 3.8) is 0 Å². The zero-order valence-electron chi connectivity index (χ0n) is 12.7. The van der Waals surface area contributed by atoms with Gasteiger partial charge in [0.2, 0.25) is 0 Å². The van der Waals surface area contributed by atoms with E-state index in [1.54, 1.807) is 0 Å². The fourth-order valence-corrected chi connectivity index (χ4v) is 2.58. The molecule has 0 atom stereocenters. The molecule has 0 spiro atoms. The predicted octanol–water partition coefficient (Wildman–Crippen LogP) is 6.74. The van der Waals surface area contributed by atoms with Crippen LogP contribution in [-0.2, 0) is 6.42 Å². The highest BCUT2D eigenvalue weighted by Crippen LogP contribution is 2.14. The minimum atomic E-state index is 1.12. The second-order valence-corrected chi connectivity index (χ2v) is 6.35. The van der Waals surface area contributed by atoms with Crippen molar-refractivity contribution in [3.8, 4) is 0 Å². The summed E-state index contributed by atoms with van der Waals surface area (Å²) in [6.07, 6.45) is 10.8. The van der Waals surface area contributed by atoms with Crippen LogP contribution in [0.5, 0.6) is 0 Å². The van der Waals surface area contributed by atoms with Gasteiger partial charge in [-0.25, -0.2) is 0 Å². The quantitative estimate of drug-likeness (QED) is 0.386. The minimum Gasteiger partial charge on any atom is -0.0654 e. The van der Waals surface area contributed by atoms with Gasteiger partial charge in [-0.15, -0.1) is 0 Å². The van der Waals surface area contributed by atoms with Crippen LogP contribution >= 0.6 is 15.9 Å². The molecule has 0 bridgehead atoms. The average Bonchev–Trinajstić information content (AvgIpc) is 2.52. The largest absolute Gasteiger partial charge is 0.0654 e. The van der Waals surface area contributed by atoms with Crippen LogP contribution in [-0.4, -0.2) is 0 Å². The highest BCUT2D eigenvalue weighted by Gasteiger charge is 1.94. The van der Waals surface area contributed by atoms with Gasteiger partial charge in [0.15, 0.2) is 0 Å². The Morgan fingerprint density at radius 1 is 0.762 bits per heavy atom. The van der Waals surface area contributed by atoms with Crippen molar-refractivity contribution >= 4 is 28.1 Å². The van der Waals surface area contributed by atoms with Crippen molar-refractivity contribution in [2.75, 3.05) is 0 Å². The van der Waals surface area contributed by atoms with Gasteiger partial charge in [-0.3, -0.25) is 0 Å². The van der Waals surface area contributed by atoms with Crippen LogP contribution in [0.1, 0.15) is 49.3 Å². The van der Waals surface area contributed by atoms with Gasteiger partial charge < -0.3 is 0 Å². The smallest absolute Gasteiger partial charge is 0.0175 e. The van der Waals surface area contributed by atoms with E-state index in [0.717, 1.165) is 4.47 Å². The van der Waals surface area contributed by atoms with E-state index in [9.17, 15) is 0 Å². The summed E-state index contributed by atoms with van der Waals surface area (Å²) < 4.78 is 1.12. The van der Waals surface area contributed by atoms with Gasteiger partial charge in [0.25, 0.3) is 0 Å². The van der Waals surface area contributed by atoms with Crippen molar-refractivity contribution in [2.24, 2.45) is 0 Å². The zero-order valence-corrected chi connectivity index (χ0v) is 14.3. The van der Waals surface area contributed by atoms with Crippen molar-refractivity contribution in [2.45, 2.75) is 39.0 Å². The van der Waals surface area contributed by atoms with Gasteiger partial charge in [0.05, 0.1) is 0 Å². The molecule has 0 heterocycles. The maximum Gasteiger partial charge on any atom is 0.0175 e. The lowest BCUT2D eigenvalue weighted by atomic mass is 10.0. The highest BCUT2D eigenvalue weighted by molar-refractivity contribution is 9.10. The fourth-order valence-electron chi connectivity index (χ4n) is 2.32. The van der Waals surface area contributed by atoms with Crippen molar-refractivity contribution in [1.82, 2.24) is 0 Å². The number of aryl methyl sites for hydroxylation is 1. The second kappa shape index (κ2) is 8.84. The monoisotopic (exact) mass is 342 g/mol. The molecule has 110 valence electrons. The molecule has 1 heteroatoms. The van der Waals surface area contributed by atoms with E-state index in [2.05, 4.69) is 83.5 Å². The number of benzene rings is 2. The van der Waals surface area contributed by atoms with Gasteiger partial charge in [-0.1, -0.05) is 90.7 Å². The molecule has 2 aromatic rings. The number of hydrogen-bond acceptors (Lipinski definition) is 0. The first-order valence-electron chi connectivity index (χ1n) is 7.80. The maximum atomic E-state index is 3.46. The Hall–Kier alpha value is -1.34. The van der Waals surface area contributed by atoms with Crippen LogP contribution in [0.4, 0.5) is 0 Å². The Balaban J connectivity index is 1.88. The Kier molecular flexibility index (Phi) is 6.75. The SMILES string of the molecule is CCCCCCc1ccc(C=Cc2ccc(Br)cc2)cc1. The Morgan fingerprint density at radius 2 is 1.33 bits per heavy atom. The Morgan fingerprint density at radius 3 is 1.90 bits per heavy atom. The first kappa shape index (κ1) is 16.0. The van der Waals surface area contributed by atoms with E-state index in [4.69, 9.17) is 0 Å². The third-order valence-electron chi connectivity index (χ3n) is 3.64. The van der Waals surface area contributed by atoms with Crippen LogP contribution in [0, 0.1) is 0 Å². The molecular formula is C20H23Br. The molecule has 21 heavy (non-hydrogen) atoms. The third kappa shape index (κ3) is 5.89. The Labute approximate surface area is 137 Å². The highest BCUT2D eigenvalue weighted by atomic mass is 79.9. The summed E-state index contributed by atoms with van der Waals surface area (Å²) in [5.74, 6) is 0. The van der Waals surface area contributed by atoms with Gasteiger partial charge in [0, 0.05) is 4.47 Å². The van der Waals surface area contributed by atoms with Gasteiger partial charge in [0.1, 0.15) is 0 Å². The number of hydrogen-bond donors (Lipinski definition) is 0. The first-order valence-corrected chi connectivity index (χ1v) is 8.60. The molecule has 2 rings (SSSR count). The van der Waals surface area contributed by atoms with E-state index in [0.29, 0.717) is 0 Å². The molecule has 0 saturated heterocycles. The van der Waals surface area contributed by atoms with Crippen molar-refractivity contribution in [3.05, 3.63) is 69.7 Å². The molecule has 0 amide bonds. The number of unbranched alkanes of at least 4 members (excludes halogenated alkanes) is 3. The molecule has 0 fully saturated rings. The summed E-state index contributed by atoms with van der Waals surface area (Å²) in [4.78, 5) is 0. The van der Waals surface area contributed by atoms with Crippen LogP contribution in [0.2, 0.25) is 0 Å². The van der Waals surface area contributed by atoms with E-state index in [-0.39, 0.29) is 0 Å². The van der Waals surface area contributed by atoms with E-state index in [1.165, 1.54) is 48.8 Å².